The Morgan fingerprint density at radius 1 is 1.03 bits per heavy atom. The zero-order valence-corrected chi connectivity index (χ0v) is 19.0. The molecular weight excluding hydrogens is 474 g/mol. The van der Waals surface area contributed by atoms with E-state index in [9.17, 15) is 31.1 Å². The molecule has 2 heterocycles. The van der Waals surface area contributed by atoms with Crippen LogP contribution in [-0.2, 0) is 21.9 Å². The van der Waals surface area contributed by atoms with E-state index in [1.807, 2.05) is 30.3 Å². The summed E-state index contributed by atoms with van der Waals surface area (Å²) in [6, 6.07) is 11.1. The van der Waals surface area contributed by atoms with Gasteiger partial charge in [0.2, 0.25) is 5.91 Å². The standard InChI is InChI=1S/C25H26F6N2O2/c1-15(17-9-18(24(26,27)28)11-19(10-17)25(29,30)31)35-13-20-7-8-23(14-32-20)21(12-22(34)33-23)16-5-3-2-4-6-16/h2-6,9-11,15,20-21,32H,7-8,12-14H2,1H3,(H,33,34)/t15-,20+,21?,23-/m1/s1. The number of nitrogens with one attached hydrogen (secondary N) is 2. The number of rotatable bonds is 5. The Bertz CT molecular complexity index is 1010. The fraction of sp³-hybridized carbons (Fsp3) is 0.480. The highest BCUT2D eigenvalue weighted by Gasteiger charge is 2.49. The maximum absolute atomic E-state index is 13.2. The van der Waals surface area contributed by atoms with Crippen molar-refractivity contribution < 1.29 is 35.9 Å². The molecule has 190 valence electrons. The maximum Gasteiger partial charge on any atom is 0.416 e. The number of hydrogen-bond donors (Lipinski definition) is 2. The van der Waals surface area contributed by atoms with Crippen LogP contribution in [0.3, 0.4) is 0 Å². The minimum Gasteiger partial charge on any atom is -0.372 e. The van der Waals surface area contributed by atoms with Crippen molar-refractivity contribution in [2.75, 3.05) is 13.2 Å². The fourth-order valence-electron chi connectivity index (χ4n) is 4.98. The molecule has 4 atom stereocenters. The molecule has 2 fully saturated rings. The van der Waals surface area contributed by atoms with Crippen LogP contribution in [0.2, 0.25) is 0 Å². The first-order chi connectivity index (χ1) is 16.4. The predicted molar refractivity (Wildman–Crippen MR) is 117 cm³/mol. The molecule has 1 amide bonds. The van der Waals surface area contributed by atoms with Crippen LogP contribution in [0.4, 0.5) is 26.3 Å². The van der Waals surface area contributed by atoms with E-state index >= 15 is 0 Å². The Morgan fingerprint density at radius 2 is 1.66 bits per heavy atom. The van der Waals surface area contributed by atoms with E-state index in [1.54, 1.807) is 0 Å². The van der Waals surface area contributed by atoms with Crippen LogP contribution in [0.25, 0.3) is 0 Å². The van der Waals surface area contributed by atoms with E-state index in [1.165, 1.54) is 6.92 Å². The average molecular weight is 500 g/mol. The highest BCUT2D eigenvalue weighted by atomic mass is 19.4. The molecule has 0 saturated carbocycles. The summed E-state index contributed by atoms with van der Waals surface area (Å²) in [5.74, 6) is -0.00983. The summed E-state index contributed by atoms with van der Waals surface area (Å²) < 4.78 is 84.6. The summed E-state index contributed by atoms with van der Waals surface area (Å²) in [4.78, 5) is 12.2. The van der Waals surface area contributed by atoms with Crippen LogP contribution in [0.15, 0.2) is 48.5 Å². The number of hydrogen-bond acceptors (Lipinski definition) is 3. The number of halogens is 6. The lowest BCUT2D eigenvalue weighted by atomic mass is 9.75. The summed E-state index contributed by atoms with van der Waals surface area (Å²) >= 11 is 0. The Morgan fingerprint density at radius 3 is 2.20 bits per heavy atom. The van der Waals surface area contributed by atoms with Crippen molar-refractivity contribution in [2.24, 2.45) is 0 Å². The number of carbonyl (C=O) groups is 1. The third-order valence-electron chi connectivity index (χ3n) is 6.92. The molecule has 4 nitrogen and oxygen atoms in total. The molecule has 10 heteroatoms. The van der Waals surface area contributed by atoms with Gasteiger partial charge in [-0.15, -0.1) is 0 Å². The number of amides is 1. The van der Waals surface area contributed by atoms with Crippen LogP contribution in [0, 0.1) is 0 Å². The van der Waals surface area contributed by atoms with Gasteiger partial charge in [0.15, 0.2) is 0 Å². The number of carbonyl (C=O) groups excluding carboxylic acids is 1. The summed E-state index contributed by atoms with van der Waals surface area (Å²) in [5.41, 5.74) is -2.28. The van der Waals surface area contributed by atoms with Gasteiger partial charge in [0.1, 0.15) is 0 Å². The molecular formula is C25H26F6N2O2. The Balaban J connectivity index is 1.41. The lowest BCUT2D eigenvalue weighted by Gasteiger charge is -2.42. The quantitative estimate of drug-likeness (QED) is 0.526. The van der Waals surface area contributed by atoms with Gasteiger partial charge < -0.3 is 15.4 Å². The number of piperidine rings is 1. The van der Waals surface area contributed by atoms with E-state index in [0.29, 0.717) is 37.9 Å². The van der Waals surface area contributed by atoms with Crippen LogP contribution in [0.5, 0.6) is 0 Å². The van der Waals surface area contributed by atoms with Crippen LogP contribution >= 0.6 is 0 Å². The van der Waals surface area contributed by atoms with Crippen molar-refractivity contribution in [3.05, 3.63) is 70.8 Å². The summed E-state index contributed by atoms with van der Waals surface area (Å²) in [6.45, 7) is 2.03. The topological polar surface area (TPSA) is 50.4 Å². The summed E-state index contributed by atoms with van der Waals surface area (Å²) in [6.07, 6.45) is -9.09. The maximum atomic E-state index is 13.2. The van der Waals surface area contributed by atoms with E-state index in [-0.39, 0.29) is 36.1 Å². The molecule has 1 spiro atoms. The monoisotopic (exact) mass is 500 g/mol. The molecule has 2 aliphatic rings. The van der Waals surface area contributed by atoms with Crippen LogP contribution < -0.4 is 10.6 Å². The molecule has 2 N–H and O–H groups in total. The lowest BCUT2D eigenvalue weighted by molar-refractivity contribution is -0.143. The molecule has 0 aliphatic carbocycles. The molecule has 0 bridgehead atoms. The van der Waals surface area contributed by atoms with Gasteiger partial charge >= 0.3 is 12.4 Å². The second-order valence-electron chi connectivity index (χ2n) is 9.30. The van der Waals surface area contributed by atoms with Crippen molar-refractivity contribution in [1.29, 1.82) is 0 Å². The smallest absolute Gasteiger partial charge is 0.372 e. The molecule has 2 aromatic rings. The lowest BCUT2D eigenvalue weighted by Crippen LogP contribution is -2.59. The molecule has 35 heavy (non-hydrogen) atoms. The van der Waals surface area contributed by atoms with Crippen molar-refractivity contribution in [1.82, 2.24) is 10.6 Å². The normalized spacial score (nSPS) is 26.1. The predicted octanol–water partition coefficient (Wildman–Crippen LogP) is 5.60. The minimum atomic E-state index is -4.91. The second kappa shape index (κ2) is 9.46. The van der Waals surface area contributed by atoms with E-state index in [4.69, 9.17) is 4.74 Å². The molecule has 2 aromatic carbocycles. The van der Waals surface area contributed by atoms with Crippen molar-refractivity contribution in [2.45, 2.75) is 62.1 Å². The highest BCUT2D eigenvalue weighted by Crippen LogP contribution is 2.42. The van der Waals surface area contributed by atoms with Gasteiger partial charge in [-0.2, -0.15) is 26.3 Å². The zero-order valence-electron chi connectivity index (χ0n) is 19.0. The first-order valence-electron chi connectivity index (χ1n) is 11.4. The van der Waals surface area contributed by atoms with Crippen molar-refractivity contribution >= 4 is 5.91 Å². The van der Waals surface area contributed by atoms with Crippen LogP contribution in [-0.4, -0.2) is 30.6 Å². The highest BCUT2D eigenvalue weighted by molar-refractivity contribution is 5.81. The minimum absolute atomic E-state index is 0.00962. The van der Waals surface area contributed by atoms with Crippen LogP contribution in [0.1, 0.15) is 60.5 Å². The van der Waals surface area contributed by atoms with Gasteiger partial charge in [-0.25, -0.2) is 0 Å². The van der Waals surface area contributed by atoms with Crippen molar-refractivity contribution in [3.8, 4) is 0 Å². The van der Waals surface area contributed by atoms with E-state index in [2.05, 4.69) is 10.6 Å². The molecule has 2 saturated heterocycles. The van der Waals surface area contributed by atoms with Crippen molar-refractivity contribution in [3.63, 3.8) is 0 Å². The first kappa shape index (κ1) is 25.5. The van der Waals surface area contributed by atoms with Gasteiger partial charge in [0, 0.05) is 24.9 Å². The number of alkyl halides is 6. The molecule has 2 aliphatic heterocycles. The Hall–Kier alpha value is -2.59. The molecule has 4 rings (SSSR count). The average Bonchev–Trinajstić information content (AvgIpc) is 3.13. The fourth-order valence-corrected chi connectivity index (χ4v) is 4.98. The Labute approximate surface area is 199 Å². The Kier molecular flexibility index (Phi) is 6.89. The molecule has 0 aromatic heterocycles. The number of ether oxygens (including phenoxy) is 1. The second-order valence-corrected chi connectivity index (χ2v) is 9.30. The van der Waals surface area contributed by atoms with Gasteiger partial charge in [-0.3, -0.25) is 4.79 Å². The van der Waals surface area contributed by atoms with E-state index in [0.717, 1.165) is 5.56 Å². The third kappa shape index (κ3) is 5.64. The van der Waals surface area contributed by atoms with Gasteiger partial charge in [-0.1, -0.05) is 30.3 Å². The van der Waals surface area contributed by atoms with E-state index < -0.39 is 35.1 Å². The van der Waals surface area contributed by atoms with Gasteiger partial charge in [-0.05, 0) is 49.1 Å². The van der Waals surface area contributed by atoms with Gasteiger partial charge in [0.25, 0.3) is 0 Å². The number of benzene rings is 2. The summed E-state index contributed by atoms with van der Waals surface area (Å²) in [7, 11) is 0. The zero-order chi connectivity index (χ0) is 25.4. The van der Waals surface area contributed by atoms with Gasteiger partial charge in [0.05, 0.1) is 29.4 Å². The third-order valence-corrected chi connectivity index (χ3v) is 6.92. The molecule has 1 unspecified atom stereocenters. The first-order valence-corrected chi connectivity index (χ1v) is 11.4. The summed E-state index contributed by atoms with van der Waals surface area (Å²) in [5, 5.41) is 6.46. The largest absolute Gasteiger partial charge is 0.416 e. The SMILES string of the molecule is C[C@@H](OC[C@@H]1CC[C@]2(CN1)NC(=O)CC2c1ccccc1)c1cc(C(F)(F)F)cc(C(F)(F)F)c1. The molecule has 0 radical (unpaired) electrons.